The highest BCUT2D eigenvalue weighted by atomic mass is 32.2. The topological polar surface area (TPSA) is 70.6 Å². The second kappa shape index (κ2) is 9.04. The van der Waals surface area contributed by atoms with E-state index in [1.165, 1.54) is 0 Å². The van der Waals surface area contributed by atoms with Crippen LogP contribution in [0.15, 0.2) is 35.3 Å². The SMILES string of the molecule is CCSCCC1(CCC(C)C)C(=O)NC(=Nc2ccccc2)NC1=O. The van der Waals surface area contributed by atoms with Gasteiger partial charge in [-0.1, -0.05) is 39.0 Å². The Balaban J connectivity index is 2.19. The first kappa shape index (κ1) is 19.5. The van der Waals surface area contributed by atoms with Crippen LogP contribution in [0.2, 0.25) is 0 Å². The number of hydrogen-bond donors (Lipinski definition) is 2. The van der Waals surface area contributed by atoms with Gasteiger partial charge in [-0.2, -0.15) is 11.8 Å². The van der Waals surface area contributed by atoms with Gasteiger partial charge in [-0.05, 0) is 48.8 Å². The molecule has 0 spiro atoms. The zero-order chi connectivity index (χ0) is 18.3. The van der Waals surface area contributed by atoms with Crippen molar-refractivity contribution in [3.05, 3.63) is 30.3 Å². The number of benzene rings is 1. The Morgan fingerprint density at radius 3 is 2.28 bits per heavy atom. The molecule has 2 N–H and O–H groups in total. The van der Waals surface area contributed by atoms with E-state index in [1.54, 1.807) is 11.8 Å². The molecule has 2 rings (SSSR count). The Morgan fingerprint density at radius 2 is 1.72 bits per heavy atom. The molecule has 0 bridgehead atoms. The maximum Gasteiger partial charge on any atom is 0.242 e. The van der Waals surface area contributed by atoms with Gasteiger partial charge < -0.3 is 0 Å². The molecular formula is C19H27N3O2S. The molecule has 25 heavy (non-hydrogen) atoms. The second-order valence-electron chi connectivity index (χ2n) is 6.67. The summed E-state index contributed by atoms with van der Waals surface area (Å²) in [6.07, 6.45) is 1.95. The molecule has 0 aliphatic carbocycles. The maximum absolute atomic E-state index is 12.9. The number of nitrogens with one attached hydrogen (secondary N) is 2. The van der Waals surface area contributed by atoms with Crippen LogP contribution in [0.1, 0.15) is 40.0 Å². The van der Waals surface area contributed by atoms with Gasteiger partial charge in [-0.15, -0.1) is 0 Å². The first-order valence-corrected chi connectivity index (χ1v) is 9.98. The highest BCUT2D eigenvalue weighted by Crippen LogP contribution is 2.34. The molecule has 0 atom stereocenters. The van der Waals surface area contributed by atoms with Crippen LogP contribution in [-0.2, 0) is 9.59 Å². The number of rotatable bonds is 8. The standard InChI is InChI=1S/C19H27N3O2S/c1-4-25-13-12-19(11-10-14(2)3)16(23)21-18(22-17(19)24)20-15-8-6-5-7-9-15/h5-9,14H,4,10-13H2,1-3H3,(H2,20,21,22,23,24). The van der Waals surface area contributed by atoms with E-state index in [4.69, 9.17) is 0 Å². The first-order valence-electron chi connectivity index (χ1n) is 8.82. The van der Waals surface area contributed by atoms with Gasteiger partial charge in [-0.25, -0.2) is 4.99 Å². The van der Waals surface area contributed by atoms with Crippen LogP contribution in [0, 0.1) is 11.3 Å². The minimum atomic E-state index is -0.998. The highest BCUT2D eigenvalue weighted by molar-refractivity contribution is 7.99. The molecule has 2 amide bonds. The molecule has 0 saturated carbocycles. The lowest BCUT2D eigenvalue weighted by Gasteiger charge is -2.35. The predicted octanol–water partition coefficient (Wildman–Crippen LogP) is 3.49. The summed E-state index contributed by atoms with van der Waals surface area (Å²) >= 11 is 1.75. The highest BCUT2D eigenvalue weighted by Gasteiger charge is 2.48. The first-order chi connectivity index (χ1) is 12.0. The van der Waals surface area contributed by atoms with E-state index in [9.17, 15) is 9.59 Å². The Morgan fingerprint density at radius 1 is 1.08 bits per heavy atom. The van der Waals surface area contributed by atoms with Gasteiger partial charge in [0.15, 0.2) is 0 Å². The number of para-hydroxylation sites is 1. The van der Waals surface area contributed by atoms with Crippen LogP contribution < -0.4 is 10.6 Å². The molecule has 0 aromatic heterocycles. The number of amides is 2. The maximum atomic E-state index is 12.9. The third-order valence-corrected chi connectivity index (χ3v) is 5.26. The average Bonchev–Trinajstić information content (AvgIpc) is 2.57. The molecule has 5 nitrogen and oxygen atoms in total. The summed E-state index contributed by atoms with van der Waals surface area (Å²) in [4.78, 5) is 30.1. The lowest BCUT2D eigenvalue weighted by atomic mass is 9.76. The zero-order valence-corrected chi connectivity index (χ0v) is 16.0. The third kappa shape index (κ3) is 5.08. The monoisotopic (exact) mass is 361 g/mol. The molecule has 1 aliphatic heterocycles. The molecule has 1 aromatic rings. The minimum absolute atomic E-state index is 0.213. The Bertz CT molecular complexity index is 609. The molecule has 0 unspecified atom stereocenters. The summed E-state index contributed by atoms with van der Waals surface area (Å²) in [7, 11) is 0. The van der Waals surface area contributed by atoms with Crippen LogP contribution in [0.4, 0.5) is 5.69 Å². The van der Waals surface area contributed by atoms with Crippen molar-refractivity contribution in [1.29, 1.82) is 0 Å². The summed E-state index contributed by atoms with van der Waals surface area (Å²) in [6, 6.07) is 9.26. The van der Waals surface area contributed by atoms with Gasteiger partial charge in [0.05, 0.1) is 5.69 Å². The molecule has 1 heterocycles. The molecule has 1 aromatic carbocycles. The van der Waals surface area contributed by atoms with Gasteiger partial charge >= 0.3 is 0 Å². The lowest BCUT2D eigenvalue weighted by Crippen LogP contribution is -2.63. The van der Waals surface area contributed by atoms with Gasteiger partial charge in [0.25, 0.3) is 0 Å². The van der Waals surface area contributed by atoms with Gasteiger partial charge in [0.2, 0.25) is 17.8 Å². The fourth-order valence-corrected chi connectivity index (χ4v) is 3.56. The molecule has 6 heteroatoms. The van der Waals surface area contributed by atoms with E-state index < -0.39 is 5.41 Å². The number of aliphatic imine (C=N–C) groups is 1. The van der Waals surface area contributed by atoms with E-state index in [0.717, 1.165) is 17.9 Å². The van der Waals surface area contributed by atoms with Gasteiger partial charge in [0.1, 0.15) is 5.41 Å². The molecular weight excluding hydrogens is 334 g/mol. The number of carbonyl (C=O) groups is 2. The smallest absolute Gasteiger partial charge is 0.242 e. The second-order valence-corrected chi connectivity index (χ2v) is 8.06. The number of thioether (sulfide) groups is 1. The van der Waals surface area contributed by atoms with Gasteiger partial charge in [-0.3, -0.25) is 20.2 Å². The van der Waals surface area contributed by atoms with Crippen molar-refractivity contribution in [1.82, 2.24) is 10.6 Å². The molecule has 0 radical (unpaired) electrons. The molecule has 1 saturated heterocycles. The minimum Gasteiger partial charge on any atom is -0.295 e. The predicted molar refractivity (Wildman–Crippen MR) is 104 cm³/mol. The molecule has 1 aliphatic rings. The fourth-order valence-electron chi connectivity index (χ4n) is 2.78. The van der Waals surface area contributed by atoms with Crippen molar-refractivity contribution in [2.24, 2.45) is 16.3 Å². The van der Waals surface area contributed by atoms with E-state index >= 15 is 0 Å². The van der Waals surface area contributed by atoms with Crippen LogP contribution >= 0.6 is 11.8 Å². The lowest BCUT2D eigenvalue weighted by molar-refractivity contribution is -0.144. The van der Waals surface area contributed by atoms with E-state index in [-0.39, 0.29) is 17.8 Å². The van der Waals surface area contributed by atoms with Crippen molar-refractivity contribution >= 4 is 35.2 Å². The Hall–Kier alpha value is -1.82. The summed E-state index contributed by atoms with van der Waals surface area (Å²) in [5.74, 6) is 1.96. The quantitative estimate of drug-likeness (QED) is 0.550. The Kier molecular flexibility index (Phi) is 7.05. The largest absolute Gasteiger partial charge is 0.295 e. The zero-order valence-electron chi connectivity index (χ0n) is 15.2. The Labute approximate surface area is 154 Å². The van der Waals surface area contributed by atoms with Crippen molar-refractivity contribution in [2.45, 2.75) is 40.0 Å². The summed E-state index contributed by atoms with van der Waals surface area (Å²) in [5.41, 5.74) is -0.309. The summed E-state index contributed by atoms with van der Waals surface area (Å²) < 4.78 is 0. The average molecular weight is 362 g/mol. The number of guanidine groups is 1. The fraction of sp³-hybridized carbons (Fsp3) is 0.526. The van der Waals surface area contributed by atoms with E-state index in [1.807, 2.05) is 30.3 Å². The normalized spacial score (nSPS) is 20.4. The van der Waals surface area contributed by atoms with Crippen molar-refractivity contribution < 1.29 is 9.59 Å². The van der Waals surface area contributed by atoms with Crippen molar-refractivity contribution in [3.63, 3.8) is 0 Å². The van der Waals surface area contributed by atoms with Crippen LogP contribution in [0.3, 0.4) is 0 Å². The van der Waals surface area contributed by atoms with E-state index in [2.05, 4.69) is 36.4 Å². The van der Waals surface area contributed by atoms with Crippen LogP contribution in [0.25, 0.3) is 0 Å². The van der Waals surface area contributed by atoms with Gasteiger partial charge in [0, 0.05) is 0 Å². The summed E-state index contributed by atoms with van der Waals surface area (Å²) in [5, 5.41) is 5.61. The third-order valence-electron chi connectivity index (χ3n) is 4.36. The van der Waals surface area contributed by atoms with Crippen LogP contribution in [0.5, 0.6) is 0 Å². The van der Waals surface area contributed by atoms with E-state index in [0.29, 0.717) is 24.4 Å². The molecule has 136 valence electrons. The van der Waals surface area contributed by atoms with Crippen LogP contribution in [-0.4, -0.2) is 29.3 Å². The number of nitrogens with zero attached hydrogens (tertiary/aromatic N) is 1. The van der Waals surface area contributed by atoms with Crippen molar-refractivity contribution in [3.8, 4) is 0 Å². The molecule has 1 fully saturated rings. The number of carbonyl (C=O) groups excluding carboxylic acids is 2. The summed E-state index contributed by atoms with van der Waals surface area (Å²) in [6.45, 7) is 6.29. The number of hydrogen-bond acceptors (Lipinski definition) is 4. The van der Waals surface area contributed by atoms with Crippen molar-refractivity contribution in [2.75, 3.05) is 11.5 Å².